The number of nitrogens with one attached hydrogen (secondary N) is 1. The van der Waals surface area contributed by atoms with Crippen LogP contribution in [0.4, 0.5) is 0 Å². The van der Waals surface area contributed by atoms with Crippen LogP contribution in [0.2, 0.25) is 0 Å². The lowest BCUT2D eigenvalue weighted by Gasteiger charge is -2.16. The van der Waals surface area contributed by atoms with Crippen LogP contribution in [0.1, 0.15) is 28.8 Å². The van der Waals surface area contributed by atoms with Crippen molar-refractivity contribution in [3.63, 3.8) is 0 Å². The number of aromatic nitrogens is 1. The predicted octanol–water partition coefficient (Wildman–Crippen LogP) is 1.65. The summed E-state index contributed by atoms with van der Waals surface area (Å²) in [4.78, 5) is 30.3. The Morgan fingerprint density at radius 1 is 1.30 bits per heavy atom. The Kier molecular flexibility index (Phi) is 3.27. The quantitative estimate of drug-likeness (QED) is 0.885. The molecule has 2 aliphatic rings. The van der Waals surface area contributed by atoms with E-state index in [0.29, 0.717) is 30.3 Å². The van der Waals surface area contributed by atoms with Gasteiger partial charge < -0.3 is 15.6 Å². The summed E-state index contributed by atoms with van der Waals surface area (Å²) in [5, 5.41) is 0.568. The van der Waals surface area contributed by atoms with Gasteiger partial charge in [-0.25, -0.2) is 0 Å². The first-order valence-corrected chi connectivity index (χ1v) is 8.21. The van der Waals surface area contributed by atoms with Crippen molar-refractivity contribution < 1.29 is 4.79 Å². The highest BCUT2D eigenvalue weighted by molar-refractivity contribution is 5.97. The van der Waals surface area contributed by atoms with Crippen LogP contribution >= 0.6 is 0 Å². The maximum atomic E-state index is 12.8. The summed E-state index contributed by atoms with van der Waals surface area (Å²) in [5.74, 6) is 0.856. The second kappa shape index (κ2) is 5.20. The van der Waals surface area contributed by atoms with E-state index in [2.05, 4.69) is 4.98 Å². The molecule has 1 aromatic heterocycles. The van der Waals surface area contributed by atoms with E-state index >= 15 is 0 Å². The molecule has 120 valence electrons. The lowest BCUT2D eigenvalue weighted by Crippen LogP contribution is -2.34. The molecule has 5 heteroatoms. The number of benzene rings is 1. The first-order chi connectivity index (χ1) is 11.0. The fourth-order valence-electron chi connectivity index (χ4n) is 3.70. The Morgan fingerprint density at radius 3 is 2.83 bits per heavy atom. The number of fused-ring (bicyclic) bond motifs is 1. The molecule has 4 rings (SSSR count). The summed E-state index contributed by atoms with van der Waals surface area (Å²) >= 11 is 0. The lowest BCUT2D eigenvalue weighted by molar-refractivity contribution is 0.0783. The molecule has 1 aliphatic carbocycles. The van der Waals surface area contributed by atoms with E-state index in [4.69, 9.17) is 5.73 Å². The number of hydrogen-bond acceptors (Lipinski definition) is 3. The van der Waals surface area contributed by atoms with Gasteiger partial charge >= 0.3 is 0 Å². The summed E-state index contributed by atoms with van der Waals surface area (Å²) in [6, 6.07) is 5.68. The van der Waals surface area contributed by atoms with Crippen molar-refractivity contribution in [1.29, 1.82) is 0 Å². The molecule has 2 heterocycles. The van der Waals surface area contributed by atoms with Gasteiger partial charge in [0.05, 0.1) is 0 Å². The Labute approximate surface area is 134 Å². The van der Waals surface area contributed by atoms with Gasteiger partial charge in [-0.2, -0.15) is 0 Å². The first-order valence-electron chi connectivity index (χ1n) is 8.21. The number of hydrogen-bond donors (Lipinski definition) is 2. The smallest absolute Gasteiger partial charge is 0.259 e. The van der Waals surface area contributed by atoms with Crippen molar-refractivity contribution in [2.24, 2.45) is 17.6 Å². The maximum absolute atomic E-state index is 12.8. The number of rotatable bonds is 2. The second-order valence-electron chi connectivity index (χ2n) is 6.96. The number of likely N-dealkylation sites (tertiary alicyclic amines) is 1. The van der Waals surface area contributed by atoms with Gasteiger partial charge in [0.15, 0.2) is 0 Å². The molecule has 0 spiro atoms. The Balaban J connectivity index is 1.67. The van der Waals surface area contributed by atoms with Crippen molar-refractivity contribution in [2.45, 2.75) is 25.8 Å². The second-order valence-corrected chi connectivity index (χ2v) is 6.96. The largest absolute Gasteiger partial charge is 0.360 e. The molecule has 5 nitrogen and oxygen atoms in total. The highest BCUT2D eigenvalue weighted by Crippen LogP contribution is 2.41. The molecule has 23 heavy (non-hydrogen) atoms. The van der Waals surface area contributed by atoms with Crippen LogP contribution in [0.3, 0.4) is 0 Å². The summed E-state index contributed by atoms with van der Waals surface area (Å²) in [6.45, 7) is 3.16. The molecule has 2 fully saturated rings. The summed E-state index contributed by atoms with van der Waals surface area (Å²) in [7, 11) is 0. The fraction of sp³-hybridized carbons (Fsp3) is 0.444. The van der Waals surface area contributed by atoms with Crippen LogP contribution in [0.25, 0.3) is 10.9 Å². The number of pyridine rings is 1. The zero-order valence-corrected chi connectivity index (χ0v) is 13.2. The Bertz CT molecular complexity index is 838. The van der Waals surface area contributed by atoms with E-state index in [1.807, 2.05) is 25.1 Å². The number of carbonyl (C=O) groups is 1. The maximum Gasteiger partial charge on any atom is 0.259 e. The molecule has 1 saturated heterocycles. The van der Waals surface area contributed by atoms with Gasteiger partial charge in [0.1, 0.15) is 5.56 Å². The van der Waals surface area contributed by atoms with Crippen LogP contribution in [-0.4, -0.2) is 34.9 Å². The van der Waals surface area contributed by atoms with Crippen LogP contribution in [0.5, 0.6) is 0 Å². The van der Waals surface area contributed by atoms with E-state index < -0.39 is 0 Å². The average molecular weight is 311 g/mol. The topological polar surface area (TPSA) is 79.2 Å². The summed E-state index contributed by atoms with van der Waals surface area (Å²) in [6.07, 6.45) is 3.98. The SMILES string of the molecule is Cc1ccc2[nH]cc(C(=O)N3C[C@@H](N)[C@H](C4CC4)C3)c(=O)c2c1. The number of nitrogens with zero attached hydrogens (tertiary/aromatic N) is 1. The van der Waals surface area contributed by atoms with E-state index in [-0.39, 0.29) is 22.9 Å². The highest BCUT2D eigenvalue weighted by Gasteiger charge is 2.42. The zero-order valence-electron chi connectivity index (χ0n) is 13.2. The number of amides is 1. The molecule has 2 aromatic rings. The number of aryl methyl sites for hydroxylation is 1. The van der Waals surface area contributed by atoms with E-state index in [9.17, 15) is 9.59 Å². The van der Waals surface area contributed by atoms with Gasteiger partial charge in [-0.15, -0.1) is 0 Å². The normalized spacial score (nSPS) is 24.3. The van der Waals surface area contributed by atoms with E-state index in [1.54, 1.807) is 4.90 Å². The number of carbonyl (C=O) groups excluding carboxylic acids is 1. The third kappa shape index (κ3) is 2.45. The van der Waals surface area contributed by atoms with Crippen molar-refractivity contribution >= 4 is 16.8 Å². The van der Waals surface area contributed by atoms with Crippen molar-refractivity contribution in [3.05, 3.63) is 45.7 Å². The zero-order chi connectivity index (χ0) is 16.1. The van der Waals surface area contributed by atoms with Crippen molar-refractivity contribution in [3.8, 4) is 0 Å². The summed E-state index contributed by atoms with van der Waals surface area (Å²) < 4.78 is 0. The van der Waals surface area contributed by atoms with Gasteiger partial charge in [-0.3, -0.25) is 9.59 Å². The molecule has 1 aromatic carbocycles. The predicted molar refractivity (Wildman–Crippen MR) is 89.4 cm³/mol. The molecule has 0 unspecified atom stereocenters. The molecular formula is C18H21N3O2. The molecule has 2 atom stereocenters. The van der Waals surface area contributed by atoms with E-state index in [0.717, 1.165) is 11.1 Å². The molecule has 3 N–H and O–H groups in total. The minimum atomic E-state index is -0.201. The number of H-pyrrole nitrogens is 1. The van der Waals surface area contributed by atoms with E-state index in [1.165, 1.54) is 19.0 Å². The van der Waals surface area contributed by atoms with Gasteiger partial charge in [0.2, 0.25) is 5.43 Å². The standard InChI is InChI=1S/C18H21N3O2/c1-10-2-5-16-12(6-10)17(22)13(7-20-16)18(23)21-8-14(11-3-4-11)15(19)9-21/h2,5-7,11,14-15H,3-4,8-9,19H2,1H3,(H,20,22)/t14-,15+/m0/s1. The average Bonchev–Trinajstić information content (AvgIpc) is 3.30. The summed E-state index contributed by atoms with van der Waals surface area (Å²) in [5.41, 5.74) is 7.97. The van der Waals surface area contributed by atoms with Crippen LogP contribution in [0, 0.1) is 18.8 Å². The monoisotopic (exact) mass is 311 g/mol. The third-order valence-electron chi connectivity index (χ3n) is 5.19. The minimum absolute atomic E-state index is 0.0354. The molecular weight excluding hydrogens is 290 g/mol. The van der Waals surface area contributed by atoms with Gasteiger partial charge in [0, 0.05) is 36.2 Å². The fourth-order valence-corrected chi connectivity index (χ4v) is 3.70. The first kappa shape index (κ1) is 14.5. The molecule has 0 bridgehead atoms. The van der Waals surface area contributed by atoms with Gasteiger partial charge in [0.25, 0.3) is 5.91 Å². The Hall–Kier alpha value is -2.14. The minimum Gasteiger partial charge on any atom is -0.360 e. The highest BCUT2D eigenvalue weighted by atomic mass is 16.2. The molecule has 1 saturated carbocycles. The van der Waals surface area contributed by atoms with Crippen LogP contribution in [-0.2, 0) is 0 Å². The number of nitrogens with two attached hydrogens (primary N) is 1. The van der Waals surface area contributed by atoms with Crippen LogP contribution in [0.15, 0.2) is 29.2 Å². The van der Waals surface area contributed by atoms with Gasteiger partial charge in [-0.05, 0) is 43.7 Å². The van der Waals surface area contributed by atoms with Gasteiger partial charge in [-0.1, -0.05) is 11.6 Å². The third-order valence-corrected chi connectivity index (χ3v) is 5.19. The molecule has 1 aliphatic heterocycles. The molecule has 0 radical (unpaired) electrons. The number of aromatic amines is 1. The lowest BCUT2D eigenvalue weighted by atomic mass is 9.99. The Morgan fingerprint density at radius 2 is 2.09 bits per heavy atom. The van der Waals surface area contributed by atoms with Crippen LogP contribution < -0.4 is 11.2 Å². The van der Waals surface area contributed by atoms with Crippen molar-refractivity contribution in [1.82, 2.24) is 9.88 Å². The van der Waals surface area contributed by atoms with Crippen molar-refractivity contribution in [2.75, 3.05) is 13.1 Å². The molecule has 1 amide bonds.